The molecule has 3 heterocycles. The predicted molar refractivity (Wildman–Crippen MR) is 267 cm³/mol. The summed E-state index contributed by atoms with van der Waals surface area (Å²) in [6.07, 6.45) is 1.82. The zero-order valence-corrected chi connectivity index (χ0v) is 40.7. The lowest BCUT2D eigenvalue weighted by Crippen LogP contribution is -2.51. The molecule has 6 aromatic rings. The lowest BCUT2D eigenvalue weighted by molar-refractivity contribution is -0.130. The van der Waals surface area contributed by atoms with Gasteiger partial charge in [-0.05, 0) is 104 Å². The summed E-state index contributed by atoms with van der Waals surface area (Å²) >= 11 is 6.56. The maximum Gasteiger partial charge on any atom is 0.412 e. The number of fused-ring (bicyclic) bond motifs is 4. The highest BCUT2D eigenvalue weighted by Gasteiger charge is 2.37. The van der Waals surface area contributed by atoms with Crippen LogP contribution < -0.4 is 30.9 Å². The van der Waals surface area contributed by atoms with Crippen LogP contribution in [0.25, 0.3) is 16.4 Å². The van der Waals surface area contributed by atoms with Gasteiger partial charge in [0.05, 0.1) is 17.4 Å². The van der Waals surface area contributed by atoms with Crippen molar-refractivity contribution < 1.29 is 43.3 Å². The molecule has 0 bridgehead atoms. The zero-order valence-electron chi connectivity index (χ0n) is 39.9. The second-order valence-electron chi connectivity index (χ2n) is 17.7. The number of halogens is 1. The number of anilines is 3. The van der Waals surface area contributed by atoms with E-state index < -0.39 is 24.1 Å². The van der Waals surface area contributed by atoms with Gasteiger partial charge < -0.3 is 50.0 Å². The van der Waals surface area contributed by atoms with Crippen LogP contribution >= 0.6 is 11.6 Å². The molecule has 0 saturated heterocycles. The van der Waals surface area contributed by atoms with Gasteiger partial charge >= 0.3 is 12.2 Å². The molecule has 7 rings (SSSR count). The second-order valence-corrected chi connectivity index (χ2v) is 18.1. The second kappa shape index (κ2) is 21.7. The van der Waals surface area contributed by atoms with E-state index in [1.165, 1.54) is 36.2 Å². The molecule has 70 heavy (non-hydrogen) atoms. The fourth-order valence-corrected chi connectivity index (χ4v) is 8.70. The van der Waals surface area contributed by atoms with Crippen molar-refractivity contribution in [1.29, 1.82) is 0 Å². The molecule has 5 N–H and O–H groups in total. The van der Waals surface area contributed by atoms with Crippen LogP contribution in [0.2, 0.25) is 0 Å². The number of hydrogen-bond donors (Lipinski definition) is 5. The summed E-state index contributed by atoms with van der Waals surface area (Å²) in [5.41, 5.74) is 4.88. The number of hydrogen-bond acceptors (Lipinski definition) is 11. The molecule has 0 radical (unpaired) electrons. The zero-order chi connectivity index (χ0) is 50.4. The van der Waals surface area contributed by atoms with Crippen molar-refractivity contribution in [3.05, 3.63) is 125 Å². The number of nitrogens with one attached hydrogen (secondary N) is 4. The molecule has 0 fully saturated rings. The molecule has 0 unspecified atom stereocenters. The van der Waals surface area contributed by atoms with Crippen LogP contribution in [-0.2, 0) is 20.9 Å². The summed E-state index contributed by atoms with van der Waals surface area (Å²) in [7, 11) is 5.17. The molecule has 0 aliphatic carbocycles. The lowest BCUT2D eigenvalue weighted by Gasteiger charge is -2.28. The molecular formula is C51H56ClN9O9. The van der Waals surface area contributed by atoms with E-state index in [0.29, 0.717) is 39.2 Å². The molecule has 2 aromatic heterocycles. The van der Waals surface area contributed by atoms with E-state index >= 15 is 0 Å². The maximum absolute atomic E-state index is 14.3. The van der Waals surface area contributed by atoms with Crippen molar-refractivity contribution in [2.45, 2.75) is 52.3 Å². The van der Waals surface area contributed by atoms with Crippen LogP contribution in [0.4, 0.5) is 26.7 Å². The summed E-state index contributed by atoms with van der Waals surface area (Å²) in [4.78, 5) is 88.2. The molecule has 1 aliphatic rings. The average molecular weight is 975 g/mol. The van der Waals surface area contributed by atoms with Gasteiger partial charge in [0.1, 0.15) is 35.5 Å². The molecule has 4 aromatic carbocycles. The molecule has 1 aliphatic heterocycles. The number of aryl methyl sites for hydroxylation is 1. The van der Waals surface area contributed by atoms with Gasteiger partial charge in [-0.15, -0.1) is 11.6 Å². The van der Waals surface area contributed by atoms with Gasteiger partial charge in [-0.2, -0.15) is 0 Å². The van der Waals surface area contributed by atoms with Crippen molar-refractivity contribution in [2.24, 2.45) is 5.92 Å². The Morgan fingerprint density at radius 2 is 1.60 bits per heavy atom. The van der Waals surface area contributed by atoms with E-state index in [2.05, 4.69) is 26.3 Å². The number of carbonyl (C=O) groups is 6. The number of carbonyl (C=O) groups excluding carboxylic acids is 6. The number of phenols is 1. The minimum Gasteiger partial charge on any atom is -0.508 e. The van der Waals surface area contributed by atoms with Crippen molar-refractivity contribution in [1.82, 2.24) is 29.8 Å². The van der Waals surface area contributed by atoms with Crippen LogP contribution in [-0.4, -0.2) is 119 Å². The minimum atomic E-state index is -0.778. The summed E-state index contributed by atoms with van der Waals surface area (Å²) in [5.74, 6) is -1.10. The van der Waals surface area contributed by atoms with Gasteiger partial charge in [0.25, 0.3) is 11.8 Å². The van der Waals surface area contributed by atoms with Crippen LogP contribution in [0.1, 0.15) is 64.2 Å². The highest BCUT2D eigenvalue weighted by Crippen LogP contribution is 2.47. The third kappa shape index (κ3) is 11.4. The molecular weight excluding hydrogens is 918 g/mol. The first-order chi connectivity index (χ1) is 33.4. The predicted octanol–water partition coefficient (Wildman–Crippen LogP) is 7.12. The molecule has 6 amide bonds. The molecule has 0 spiro atoms. The maximum atomic E-state index is 14.3. The fourth-order valence-electron chi connectivity index (χ4n) is 8.45. The third-order valence-corrected chi connectivity index (χ3v) is 12.3. The Morgan fingerprint density at radius 3 is 2.29 bits per heavy atom. The molecule has 3 atom stereocenters. The summed E-state index contributed by atoms with van der Waals surface area (Å²) in [5, 5.41) is 22.1. The molecule has 0 saturated carbocycles. The summed E-state index contributed by atoms with van der Waals surface area (Å²) < 4.78 is 13.0. The van der Waals surface area contributed by atoms with Crippen LogP contribution in [0.5, 0.6) is 11.5 Å². The topological polar surface area (TPSA) is 216 Å². The first kappa shape index (κ1) is 50.2. The number of nitrogens with zero attached hydrogens (tertiary/aromatic N) is 5. The number of aromatic hydroxyl groups is 1. The number of benzene rings is 4. The van der Waals surface area contributed by atoms with E-state index in [1.807, 2.05) is 58.0 Å². The normalized spacial score (nSPS) is 14.0. The van der Waals surface area contributed by atoms with Gasteiger partial charge in [0.2, 0.25) is 11.8 Å². The molecule has 19 heteroatoms. The standard InChI is InChI=1S/C51H56ClN9O9/c1-29(2)45(58(5)6)48(65)54-31(4)46(63)55-35-15-11-32(12-16-35)28-69-51(68)59(7)22-21-53-50(67)70-41-23-40-44(43-30(3)9-8-10-38(41)43)34(24-52)25-61(40)49(66)39-27-60-26-36(17-20-42(60)57-39)56-47(64)33-13-18-37(62)19-14-33/h8-20,23,26-27,29,31,34,45,62H,21-22,24-25,28H2,1-7H3,(H,53,67)(H,54,65)(H,55,63)(H,56,64)/t31-,34+,45-/m0/s1. The Bertz CT molecular complexity index is 2930. The first-order valence-electron chi connectivity index (χ1n) is 22.7. The van der Waals surface area contributed by atoms with Crippen molar-refractivity contribution >= 4 is 80.9 Å². The van der Waals surface area contributed by atoms with Crippen molar-refractivity contribution in [2.75, 3.05) is 62.2 Å². The number of alkyl halides is 1. The number of pyridine rings is 1. The number of amides is 6. The van der Waals surface area contributed by atoms with Crippen LogP contribution in [0, 0.1) is 12.8 Å². The lowest BCUT2D eigenvalue weighted by atomic mass is 9.92. The first-order valence-corrected chi connectivity index (χ1v) is 23.2. The van der Waals surface area contributed by atoms with E-state index in [4.69, 9.17) is 21.1 Å². The van der Waals surface area contributed by atoms with Crippen molar-refractivity contribution in [3.8, 4) is 11.5 Å². The van der Waals surface area contributed by atoms with Gasteiger partial charge in [0, 0.05) is 73.6 Å². The van der Waals surface area contributed by atoms with Gasteiger partial charge in [-0.25, -0.2) is 14.6 Å². The quantitative estimate of drug-likeness (QED) is 0.0616. The van der Waals surface area contributed by atoms with E-state index in [-0.39, 0.29) is 84.9 Å². The molecule has 18 nitrogen and oxygen atoms in total. The van der Waals surface area contributed by atoms with Crippen LogP contribution in [0.3, 0.4) is 0 Å². The summed E-state index contributed by atoms with van der Waals surface area (Å²) in [6, 6.07) is 22.1. The Balaban J connectivity index is 0.946. The van der Waals surface area contributed by atoms with Crippen LogP contribution in [0.15, 0.2) is 97.3 Å². The Hall–Kier alpha value is -7.70. The van der Waals surface area contributed by atoms with Gasteiger partial charge in [0.15, 0.2) is 0 Å². The fraction of sp³-hybridized carbons (Fsp3) is 0.314. The molecule has 366 valence electrons. The number of rotatable bonds is 16. The smallest absolute Gasteiger partial charge is 0.412 e. The van der Waals surface area contributed by atoms with Crippen molar-refractivity contribution in [3.63, 3.8) is 0 Å². The Morgan fingerprint density at radius 1 is 0.886 bits per heavy atom. The SMILES string of the molecule is Cc1cccc2c(OC(=O)NCCN(C)C(=O)OCc3ccc(NC(=O)[C@H](C)NC(=O)[C@H](C(C)C)N(C)C)cc3)cc3c(c12)[C@H](CCl)CN3C(=O)c1cn2cc(NC(=O)c3ccc(O)cc3)ccc2n1. The van der Waals surface area contributed by atoms with Gasteiger partial charge in [-0.1, -0.05) is 44.2 Å². The van der Waals surface area contributed by atoms with E-state index in [1.54, 1.807) is 71.1 Å². The summed E-state index contributed by atoms with van der Waals surface area (Å²) in [6.45, 7) is 7.77. The highest BCUT2D eigenvalue weighted by atomic mass is 35.5. The monoisotopic (exact) mass is 973 g/mol. The number of likely N-dealkylation sites (N-methyl/N-ethyl adjacent to an activating group) is 2. The average Bonchev–Trinajstić information content (AvgIpc) is 3.92. The number of aromatic nitrogens is 2. The van der Waals surface area contributed by atoms with Gasteiger partial charge in [-0.3, -0.25) is 24.1 Å². The number of imidazole rings is 1. The third-order valence-electron chi connectivity index (χ3n) is 12.0. The number of phenolic OH excluding ortho intramolecular Hbond substituents is 1. The van der Waals surface area contributed by atoms with E-state index in [9.17, 15) is 33.9 Å². The minimum absolute atomic E-state index is 0.0297. The Labute approximate surface area is 409 Å². The van der Waals surface area contributed by atoms with E-state index in [0.717, 1.165) is 16.5 Å². The largest absolute Gasteiger partial charge is 0.508 e. The number of ether oxygens (including phenoxy) is 2. The highest BCUT2D eigenvalue weighted by molar-refractivity contribution is 6.19. The Kier molecular flexibility index (Phi) is 15.6.